The number of alkyl halides is 4. The summed E-state index contributed by atoms with van der Waals surface area (Å²) < 4.78 is 0. The quantitative estimate of drug-likeness (QED) is 0.317. The van der Waals surface area contributed by atoms with E-state index in [4.69, 9.17) is 46.4 Å². The van der Waals surface area contributed by atoms with E-state index in [0.717, 1.165) is 12.1 Å². The van der Waals surface area contributed by atoms with Gasteiger partial charge in [0.1, 0.15) is 11.5 Å². The summed E-state index contributed by atoms with van der Waals surface area (Å²) in [6.45, 7) is 1.92. The van der Waals surface area contributed by atoms with Crippen molar-refractivity contribution in [2.45, 2.75) is 60.0 Å². The molecule has 0 fully saturated rings. The first-order valence-corrected chi connectivity index (χ1v) is 12.2. The molecule has 0 aromatic carbocycles. The second kappa shape index (κ2) is 10.7. The molecule has 0 spiro atoms. The Morgan fingerprint density at radius 3 is 1.88 bits per heavy atom. The van der Waals surface area contributed by atoms with Crippen molar-refractivity contribution in [1.82, 2.24) is 9.97 Å². The van der Waals surface area contributed by atoms with Crippen LogP contribution < -0.4 is 22.0 Å². The fourth-order valence-corrected chi connectivity index (χ4v) is 5.37. The van der Waals surface area contributed by atoms with E-state index in [9.17, 15) is 29.4 Å². The lowest BCUT2D eigenvalue weighted by Gasteiger charge is -2.31. The first-order chi connectivity index (χ1) is 15.9. The van der Waals surface area contributed by atoms with Gasteiger partial charge in [0.25, 0.3) is 11.1 Å². The standard InChI is InChI=1S/C12H13Cl2NO3.C10H9Cl2NO3/c1-2-5-10-7(3-6(13)11(5)14)15-12(18)9(17)4-8(10)16;11-5-1-4-7(2-6(5)12)13-10(16)9(15)3-8(4)14/h4-6,11,16H,2-3H2,1H3,(H,15,17,18);3,5-6,14H,1-2H2,(H,13,15,16). The van der Waals surface area contributed by atoms with Gasteiger partial charge in [-0.25, -0.2) is 0 Å². The van der Waals surface area contributed by atoms with Crippen LogP contribution in [0.25, 0.3) is 0 Å². The zero-order valence-electron chi connectivity index (χ0n) is 17.9. The van der Waals surface area contributed by atoms with E-state index in [1.165, 1.54) is 0 Å². The molecule has 5 atom stereocenters. The SMILES string of the molecule is CCC1c2c(O)cc(=O)c(=O)[nH]c2CC(Cl)C1Cl.O=c1cc(O)c2c([nH]c1=O)CC(Cl)C(Cl)C2. The fourth-order valence-electron chi connectivity index (χ4n) is 4.16. The topological polar surface area (TPSA) is 140 Å². The number of aromatic hydroxyl groups is 2. The van der Waals surface area contributed by atoms with Gasteiger partial charge in [0.15, 0.2) is 0 Å². The summed E-state index contributed by atoms with van der Waals surface area (Å²) in [5, 5.41) is 18.3. The molecule has 2 aromatic heterocycles. The second-order valence-electron chi connectivity index (χ2n) is 8.16. The predicted octanol–water partition coefficient (Wildman–Crippen LogP) is 2.46. The van der Waals surface area contributed by atoms with Crippen LogP contribution in [-0.4, -0.2) is 41.7 Å². The van der Waals surface area contributed by atoms with Gasteiger partial charge in [0, 0.05) is 53.4 Å². The van der Waals surface area contributed by atoms with E-state index in [1.807, 2.05) is 6.92 Å². The minimum Gasteiger partial charge on any atom is -0.507 e. The largest absolute Gasteiger partial charge is 0.507 e. The predicted molar refractivity (Wildman–Crippen MR) is 133 cm³/mol. The van der Waals surface area contributed by atoms with Crippen molar-refractivity contribution in [1.29, 1.82) is 0 Å². The molecule has 12 heteroatoms. The molecule has 0 bridgehead atoms. The molecule has 2 aliphatic rings. The minimum absolute atomic E-state index is 0.180. The number of hydrogen-bond acceptors (Lipinski definition) is 6. The Morgan fingerprint density at radius 1 is 0.794 bits per heavy atom. The highest BCUT2D eigenvalue weighted by atomic mass is 35.5. The number of aromatic nitrogens is 2. The molecule has 4 rings (SSSR count). The van der Waals surface area contributed by atoms with Gasteiger partial charge in [-0.05, 0) is 12.8 Å². The summed E-state index contributed by atoms with van der Waals surface area (Å²) in [6, 6.07) is 1.86. The first-order valence-electron chi connectivity index (χ1n) is 10.5. The van der Waals surface area contributed by atoms with Crippen LogP contribution in [-0.2, 0) is 19.3 Å². The van der Waals surface area contributed by atoms with Crippen molar-refractivity contribution >= 4 is 46.4 Å². The Balaban J connectivity index is 0.000000192. The lowest BCUT2D eigenvalue weighted by Crippen LogP contribution is -2.32. The van der Waals surface area contributed by atoms with Crippen LogP contribution in [0.5, 0.6) is 11.5 Å². The first kappa shape index (κ1) is 26.6. The van der Waals surface area contributed by atoms with Crippen molar-refractivity contribution < 1.29 is 10.2 Å². The molecule has 0 aliphatic heterocycles. The van der Waals surface area contributed by atoms with Crippen molar-refractivity contribution in [3.63, 3.8) is 0 Å². The Kier molecular flexibility index (Phi) is 8.39. The maximum Gasteiger partial charge on any atom is 0.296 e. The molecule has 184 valence electrons. The molecule has 8 nitrogen and oxygen atoms in total. The molecule has 0 saturated carbocycles. The van der Waals surface area contributed by atoms with E-state index in [1.54, 1.807) is 0 Å². The van der Waals surface area contributed by atoms with Gasteiger partial charge >= 0.3 is 0 Å². The third-order valence-corrected chi connectivity index (χ3v) is 8.13. The number of halogens is 4. The number of rotatable bonds is 1. The van der Waals surface area contributed by atoms with Crippen LogP contribution in [0.15, 0.2) is 31.3 Å². The average Bonchev–Trinajstić information content (AvgIpc) is 2.93. The third kappa shape index (κ3) is 5.46. The second-order valence-corrected chi connectivity index (χ2v) is 10.4. The fraction of sp³-hybridized carbons (Fsp3) is 0.455. The normalized spacial score (nSPS) is 25.4. The van der Waals surface area contributed by atoms with Crippen LogP contribution in [0, 0.1) is 0 Å². The molecule has 2 heterocycles. The summed E-state index contributed by atoms with van der Waals surface area (Å²) in [7, 11) is 0. The smallest absolute Gasteiger partial charge is 0.296 e. The van der Waals surface area contributed by atoms with E-state index < -0.39 is 22.0 Å². The van der Waals surface area contributed by atoms with E-state index in [0.29, 0.717) is 48.2 Å². The molecule has 0 amide bonds. The van der Waals surface area contributed by atoms with Crippen molar-refractivity contribution in [3.05, 3.63) is 75.8 Å². The zero-order chi connectivity index (χ0) is 25.3. The van der Waals surface area contributed by atoms with Crippen molar-refractivity contribution in [2.75, 3.05) is 0 Å². The number of fused-ring (bicyclic) bond motifs is 2. The van der Waals surface area contributed by atoms with Gasteiger partial charge in [-0.15, -0.1) is 46.4 Å². The Morgan fingerprint density at radius 2 is 1.29 bits per heavy atom. The Labute approximate surface area is 213 Å². The maximum atomic E-state index is 11.5. The third-order valence-electron chi connectivity index (χ3n) is 5.92. The molecular weight excluding hydrogens is 530 g/mol. The van der Waals surface area contributed by atoms with E-state index in [-0.39, 0.29) is 38.9 Å². The van der Waals surface area contributed by atoms with Crippen LogP contribution >= 0.6 is 46.4 Å². The number of hydrogen-bond donors (Lipinski definition) is 4. The molecule has 4 N–H and O–H groups in total. The van der Waals surface area contributed by atoms with Crippen molar-refractivity contribution in [3.8, 4) is 11.5 Å². The van der Waals surface area contributed by atoms with Crippen LogP contribution in [0.4, 0.5) is 0 Å². The number of H-pyrrole nitrogens is 2. The van der Waals surface area contributed by atoms with Crippen LogP contribution in [0.2, 0.25) is 0 Å². The van der Waals surface area contributed by atoms with Crippen LogP contribution in [0.3, 0.4) is 0 Å². The minimum atomic E-state index is -0.774. The lowest BCUT2D eigenvalue weighted by molar-refractivity contribution is 0.444. The van der Waals surface area contributed by atoms with Crippen molar-refractivity contribution in [2.24, 2.45) is 0 Å². The summed E-state index contributed by atoms with van der Waals surface area (Å²) in [4.78, 5) is 50.3. The van der Waals surface area contributed by atoms with Gasteiger partial charge < -0.3 is 20.2 Å². The van der Waals surface area contributed by atoms with Gasteiger partial charge in [-0.3, -0.25) is 19.2 Å². The van der Waals surface area contributed by atoms with Gasteiger partial charge in [0.2, 0.25) is 10.9 Å². The van der Waals surface area contributed by atoms with E-state index in [2.05, 4.69) is 9.97 Å². The number of nitrogens with one attached hydrogen (secondary N) is 2. The maximum absolute atomic E-state index is 11.5. The van der Waals surface area contributed by atoms with Gasteiger partial charge in [-0.1, -0.05) is 6.92 Å². The molecule has 5 unspecified atom stereocenters. The average molecular weight is 552 g/mol. The Bertz CT molecular complexity index is 1330. The summed E-state index contributed by atoms with van der Waals surface area (Å²) >= 11 is 24.3. The molecule has 34 heavy (non-hydrogen) atoms. The highest BCUT2D eigenvalue weighted by Crippen LogP contribution is 2.41. The molecule has 2 aliphatic carbocycles. The van der Waals surface area contributed by atoms with E-state index >= 15 is 0 Å². The molecule has 0 radical (unpaired) electrons. The lowest BCUT2D eigenvalue weighted by atomic mass is 9.83. The van der Waals surface area contributed by atoms with Gasteiger partial charge in [-0.2, -0.15) is 0 Å². The molecule has 0 saturated heterocycles. The highest BCUT2D eigenvalue weighted by Gasteiger charge is 2.36. The number of aromatic amines is 2. The summed E-state index contributed by atoms with van der Waals surface area (Å²) in [6.07, 6.45) is 1.67. The van der Waals surface area contributed by atoms with Crippen LogP contribution in [0.1, 0.15) is 41.8 Å². The highest BCUT2D eigenvalue weighted by molar-refractivity contribution is 6.31. The van der Waals surface area contributed by atoms with Gasteiger partial charge in [0.05, 0.1) is 21.5 Å². The molecule has 2 aromatic rings. The summed E-state index contributed by atoms with van der Waals surface area (Å²) in [5.74, 6) is -0.567. The monoisotopic (exact) mass is 550 g/mol. The molecular formula is C22H22Cl4N2O6. The Hall–Kier alpha value is -2.00. The zero-order valence-corrected chi connectivity index (χ0v) is 20.9. The summed E-state index contributed by atoms with van der Waals surface area (Å²) in [5.41, 5.74) is -1.03.